The minimum atomic E-state index is 0.287. The van der Waals surface area contributed by atoms with Crippen LogP contribution in [0, 0.1) is 23.2 Å². The number of hydrogen-bond acceptors (Lipinski definition) is 1. The van der Waals surface area contributed by atoms with E-state index in [1.165, 1.54) is 23.5 Å². The molecule has 0 aromatic heterocycles. The highest BCUT2D eigenvalue weighted by molar-refractivity contribution is 7.99. The Kier molecular flexibility index (Phi) is 7.24. The third-order valence-electron chi connectivity index (χ3n) is 3.33. The summed E-state index contributed by atoms with van der Waals surface area (Å²) in [5.74, 6) is 8.63. The Hall–Kier alpha value is -0.870. The van der Waals surface area contributed by atoms with E-state index in [1.54, 1.807) is 0 Å². The zero-order valence-electron chi connectivity index (χ0n) is 13.6. The Morgan fingerprint density at radius 2 is 1.85 bits per heavy atom. The van der Waals surface area contributed by atoms with Crippen molar-refractivity contribution in [2.75, 3.05) is 5.75 Å². The van der Waals surface area contributed by atoms with Crippen LogP contribution < -0.4 is 0 Å². The van der Waals surface area contributed by atoms with E-state index in [0.29, 0.717) is 0 Å². The fraction of sp³-hybridized carbons (Fsp3) is 0.579. The number of thioether (sulfide) groups is 1. The van der Waals surface area contributed by atoms with Gasteiger partial charge in [-0.25, -0.2) is 0 Å². The van der Waals surface area contributed by atoms with E-state index in [-0.39, 0.29) is 5.41 Å². The van der Waals surface area contributed by atoms with E-state index >= 15 is 0 Å². The number of benzene rings is 1. The Bertz CT molecular complexity index is 453. The Morgan fingerprint density at radius 3 is 2.45 bits per heavy atom. The number of rotatable bonds is 5. The van der Waals surface area contributed by atoms with Crippen molar-refractivity contribution in [3.8, 4) is 11.8 Å². The van der Waals surface area contributed by atoms with Gasteiger partial charge in [0.05, 0.1) is 0 Å². The van der Waals surface area contributed by atoms with Crippen LogP contribution in [0.2, 0.25) is 0 Å². The van der Waals surface area contributed by atoms with Crippen LogP contribution >= 0.6 is 11.8 Å². The van der Waals surface area contributed by atoms with E-state index < -0.39 is 0 Å². The normalized spacial score (nSPS) is 11.3. The van der Waals surface area contributed by atoms with Gasteiger partial charge in [-0.05, 0) is 29.5 Å². The third-order valence-corrected chi connectivity index (χ3v) is 4.55. The van der Waals surface area contributed by atoms with Gasteiger partial charge in [0.25, 0.3) is 0 Å². The van der Waals surface area contributed by atoms with Crippen molar-refractivity contribution >= 4 is 11.8 Å². The highest BCUT2D eigenvalue weighted by Gasteiger charge is 2.07. The molecule has 20 heavy (non-hydrogen) atoms. The molecule has 0 fully saturated rings. The van der Waals surface area contributed by atoms with E-state index in [0.717, 1.165) is 17.9 Å². The first kappa shape index (κ1) is 17.2. The maximum Gasteiger partial charge on any atom is 0.0256 e. The maximum absolute atomic E-state index is 3.30. The second-order valence-corrected chi connectivity index (χ2v) is 7.65. The molecule has 1 aromatic rings. The molecule has 0 radical (unpaired) electrons. The summed E-state index contributed by atoms with van der Waals surface area (Å²) in [6.45, 7) is 11.2. The van der Waals surface area contributed by atoms with Crippen LogP contribution in [0.1, 0.15) is 59.4 Å². The van der Waals surface area contributed by atoms with E-state index in [9.17, 15) is 0 Å². The number of hydrogen-bond donors (Lipinski definition) is 0. The zero-order chi connectivity index (χ0) is 15.0. The summed E-state index contributed by atoms with van der Waals surface area (Å²) in [6.07, 6.45) is 3.49. The van der Waals surface area contributed by atoms with Crippen LogP contribution in [0.15, 0.2) is 29.2 Å². The minimum Gasteiger partial charge on any atom is -0.126 e. The summed E-state index contributed by atoms with van der Waals surface area (Å²) in [5.41, 5.74) is 1.43. The molecular formula is C19H28S. The quantitative estimate of drug-likeness (QED) is 0.473. The van der Waals surface area contributed by atoms with Crippen molar-refractivity contribution in [1.29, 1.82) is 0 Å². The van der Waals surface area contributed by atoms with Gasteiger partial charge in [-0.15, -0.1) is 11.8 Å². The standard InChI is InChI=1S/C19H28S/c1-6-16(7-2)15-20-18-12-8-10-17(14-18)11-9-13-19(3,4)5/h8,10,12,14,16H,6-7,13,15H2,1-5H3. The average Bonchev–Trinajstić information content (AvgIpc) is 2.39. The predicted octanol–water partition coefficient (Wildman–Crippen LogP) is 6.00. The topological polar surface area (TPSA) is 0 Å². The molecule has 1 heteroatoms. The molecule has 0 unspecified atom stereocenters. The lowest BCUT2D eigenvalue weighted by atomic mass is 9.93. The van der Waals surface area contributed by atoms with Gasteiger partial charge < -0.3 is 0 Å². The highest BCUT2D eigenvalue weighted by atomic mass is 32.2. The van der Waals surface area contributed by atoms with Gasteiger partial charge in [0, 0.05) is 22.6 Å². The molecule has 0 spiro atoms. The van der Waals surface area contributed by atoms with E-state index in [1.807, 2.05) is 11.8 Å². The van der Waals surface area contributed by atoms with Crippen molar-refractivity contribution in [3.63, 3.8) is 0 Å². The van der Waals surface area contributed by atoms with Crippen molar-refractivity contribution in [1.82, 2.24) is 0 Å². The van der Waals surface area contributed by atoms with Crippen LogP contribution in [0.25, 0.3) is 0 Å². The zero-order valence-corrected chi connectivity index (χ0v) is 14.4. The lowest BCUT2D eigenvalue weighted by Gasteiger charge is -2.12. The van der Waals surface area contributed by atoms with Crippen LogP contribution in [0.4, 0.5) is 0 Å². The summed E-state index contributed by atoms with van der Waals surface area (Å²) in [6, 6.07) is 8.65. The van der Waals surface area contributed by atoms with E-state index in [2.05, 4.69) is 70.7 Å². The molecule has 0 bridgehead atoms. The first-order valence-electron chi connectivity index (χ1n) is 7.66. The molecule has 0 aliphatic carbocycles. The van der Waals surface area contributed by atoms with Gasteiger partial charge in [0.2, 0.25) is 0 Å². The maximum atomic E-state index is 3.30. The van der Waals surface area contributed by atoms with Crippen LogP contribution in [-0.2, 0) is 0 Å². The summed E-state index contributed by atoms with van der Waals surface area (Å²) < 4.78 is 0. The van der Waals surface area contributed by atoms with Crippen LogP contribution in [-0.4, -0.2) is 5.75 Å². The van der Waals surface area contributed by atoms with Crippen molar-refractivity contribution in [2.45, 2.75) is 58.8 Å². The molecule has 0 heterocycles. The third kappa shape index (κ3) is 7.06. The van der Waals surface area contributed by atoms with Gasteiger partial charge in [0.1, 0.15) is 0 Å². The smallest absolute Gasteiger partial charge is 0.0256 e. The fourth-order valence-electron chi connectivity index (χ4n) is 1.81. The summed E-state index contributed by atoms with van der Waals surface area (Å²) in [7, 11) is 0. The largest absolute Gasteiger partial charge is 0.126 e. The molecular weight excluding hydrogens is 260 g/mol. The van der Waals surface area contributed by atoms with Crippen LogP contribution in [0.5, 0.6) is 0 Å². The second kappa shape index (κ2) is 8.42. The molecule has 0 amide bonds. The Labute approximate surface area is 129 Å². The molecule has 0 saturated carbocycles. The van der Waals surface area contributed by atoms with Crippen molar-refractivity contribution in [3.05, 3.63) is 29.8 Å². The predicted molar refractivity (Wildman–Crippen MR) is 92.2 cm³/mol. The SMILES string of the molecule is CCC(CC)CSc1cccc(C#CCC(C)(C)C)c1. The van der Waals surface area contributed by atoms with Crippen LogP contribution in [0.3, 0.4) is 0 Å². The first-order valence-corrected chi connectivity index (χ1v) is 8.65. The Balaban J connectivity index is 2.62. The summed E-state index contributed by atoms with van der Waals surface area (Å²) >= 11 is 1.96. The minimum absolute atomic E-state index is 0.287. The Morgan fingerprint density at radius 1 is 1.15 bits per heavy atom. The highest BCUT2D eigenvalue weighted by Crippen LogP contribution is 2.24. The lowest BCUT2D eigenvalue weighted by molar-refractivity contribution is 0.428. The molecule has 0 saturated heterocycles. The lowest BCUT2D eigenvalue weighted by Crippen LogP contribution is -2.02. The van der Waals surface area contributed by atoms with Gasteiger partial charge >= 0.3 is 0 Å². The summed E-state index contributed by atoms with van der Waals surface area (Å²) in [4.78, 5) is 1.35. The van der Waals surface area contributed by atoms with Gasteiger partial charge in [-0.2, -0.15) is 0 Å². The molecule has 110 valence electrons. The van der Waals surface area contributed by atoms with Crippen molar-refractivity contribution in [2.24, 2.45) is 11.3 Å². The molecule has 0 nitrogen and oxygen atoms in total. The first-order chi connectivity index (χ1) is 9.44. The van der Waals surface area contributed by atoms with Gasteiger partial charge in [0.15, 0.2) is 0 Å². The molecule has 0 atom stereocenters. The molecule has 0 aliphatic heterocycles. The van der Waals surface area contributed by atoms with Gasteiger partial charge in [-0.3, -0.25) is 0 Å². The fourth-order valence-corrected chi connectivity index (χ4v) is 3.10. The van der Waals surface area contributed by atoms with Crippen molar-refractivity contribution < 1.29 is 0 Å². The molecule has 1 rings (SSSR count). The molecule has 0 aliphatic rings. The monoisotopic (exact) mass is 288 g/mol. The van der Waals surface area contributed by atoms with E-state index in [4.69, 9.17) is 0 Å². The molecule has 1 aromatic carbocycles. The average molecular weight is 288 g/mol. The molecule has 0 N–H and O–H groups in total. The second-order valence-electron chi connectivity index (χ2n) is 6.56. The van der Waals surface area contributed by atoms with Gasteiger partial charge in [-0.1, -0.05) is 65.4 Å². The summed E-state index contributed by atoms with van der Waals surface area (Å²) in [5, 5.41) is 0.